The number of para-hydroxylation sites is 2. The highest BCUT2D eigenvalue weighted by atomic mass is 28.3. The van der Waals surface area contributed by atoms with Crippen LogP contribution in [0, 0.1) is 0 Å². The second-order valence-electron chi connectivity index (χ2n) is 15.7. The van der Waals surface area contributed by atoms with Gasteiger partial charge in [-0.05, 0) is 103 Å². The first-order chi connectivity index (χ1) is 30.3. The Bertz CT molecular complexity index is 3190. The van der Waals surface area contributed by atoms with Crippen molar-refractivity contribution in [2.24, 2.45) is 0 Å². The second-order valence-corrected chi connectivity index (χ2v) is 19.5. The van der Waals surface area contributed by atoms with Crippen molar-refractivity contribution in [3.8, 4) is 16.8 Å². The van der Waals surface area contributed by atoms with Gasteiger partial charge in [-0.2, -0.15) is 0 Å². The Morgan fingerprint density at radius 2 is 0.852 bits per heavy atom. The number of anilines is 3. The highest BCUT2D eigenvalue weighted by molar-refractivity contribution is 7.19. The number of hydrogen-bond donors (Lipinski definition) is 0. The third-order valence-corrected chi connectivity index (χ3v) is 17.1. The quantitative estimate of drug-likeness (QED) is 0.104. The molecule has 0 aliphatic rings. The Hall–Kier alpha value is -7.72. The van der Waals surface area contributed by atoms with E-state index in [1.807, 2.05) is 0 Å². The Balaban J connectivity index is 1.21. The fourth-order valence-electron chi connectivity index (χ4n) is 9.60. The molecule has 0 spiro atoms. The van der Waals surface area contributed by atoms with E-state index < -0.39 is 8.07 Å². The summed E-state index contributed by atoms with van der Waals surface area (Å²) in [5.41, 5.74) is 9.25. The van der Waals surface area contributed by atoms with Gasteiger partial charge in [-0.3, -0.25) is 0 Å². The predicted octanol–water partition coefficient (Wildman–Crippen LogP) is 12.5. The number of rotatable bonds is 9. The van der Waals surface area contributed by atoms with Crippen molar-refractivity contribution < 1.29 is 0 Å². The number of fused-ring (bicyclic) bond motifs is 4. The summed E-state index contributed by atoms with van der Waals surface area (Å²) in [6, 6.07) is 93.8. The fraction of sp³-hybridized carbons (Fsp3) is 0. The third kappa shape index (κ3) is 6.26. The van der Waals surface area contributed by atoms with Crippen LogP contribution in [0.1, 0.15) is 0 Å². The standard InChI is InChI=1S/C58H42N2Si/c1-6-20-43(21-7-1)45-37-36-44-38-39-49(41-46(44)40-45)59(56-34-19-35-57-58(56)54-32-16-17-33-55(54)60(57)47-22-8-2-9-23-47)48-24-18-31-53(42-48)61(50-25-10-3-11-26-50,51-27-12-4-13-28-51)52-29-14-5-15-30-52/h1-42H. The van der Waals surface area contributed by atoms with Gasteiger partial charge in [0.05, 0.1) is 16.7 Å². The summed E-state index contributed by atoms with van der Waals surface area (Å²) in [5.74, 6) is 0. The molecule has 3 heteroatoms. The normalized spacial score (nSPS) is 11.6. The van der Waals surface area contributed by atoms with Crippen LogP contribution in [-0.2, 0) is 0 Å². The van der Waals surface area contributed by atoms with Crippen LogP contribution >= 0.6 is 0 Å². The molecule has 0 bridgehead atoms. The Labute approximate surface area is 357 Å². The van der Waals surface area contributed by atoms with Crippen molar-refractivity contribution in [3.05, 3.63) is 255 Å². The molecule has 0 saturated heterocycles. The molecule has 1 heterocycles. The van der Waals surface area contributed by atoms with Crippen LogP contribution in [0.4, 0.5) is 17.1 Å². The molecule has 10 aromatic carbocycles. The van der Waals surface area contributed by atoms with E-state index in [4.69, 9.17) is 0 Å². The zero-order chi connectivity index (χ0) is 40.6. The van der Waals surface area contributed by atoms with Gasteiger partial charge >= 0.3 is 0 Å². The molecular formula is C58H42N2Si. The predicted molar refractivity (Wildman–Crippen MR) is 262 cm³/mol. The molecule has 0 radical (unpaired) electrons. The molecule has 0 fully saturated rings. The molecule has 1 aromatic heterocycles. The van der Waals surface area contributed by atoms with Gasteiger partial charge in [0, 0.05) is 27.8 Å². The van der Waals surface area contributed by atoms with Crippen LogP contribution in [0.5, 0.6) is 0 Å². The summed E-state index contributed by atoms with van der Waals surface area (Å²) in [7, 11) is -2.84. The van der Waals surface area contributed by atoms with Gasteiger partial charge in [0.15, 0.2) is 8.07 Å². The number of aromatic nitrogens is 1. The van der Waals surface area contributed by atoms with E-state index in [0.717, 1.165) is 22.7 Å². The Kier molecular flexibility index (Phi) is 9.22. The summed E-state index contributed by atoms with van der Waals surface area (Å²) in [6.45, 7) is 0. The first-order valence-corrected chi connectivity index (χ1v) is 23.0. The van der Waals surface area contributed by atoms with Gasteiger partial charge in [0.2, 0.25) is 0 Å². The van der Waals surface area contributed by atoms with E-state index in [0.29, 0.717) is 0 Å². The van der Waals surface area contributed by atoms with E-state index in [1.54, 1.807) is 0 Å². The van der Waals surface area contributed by atoms with Crippen molar-refractivity contribution in [3.63, 3.8) is 0 Å². The molecule has 0 atom stereocenters. The maximum Gasteiger partial charge on any atom is 0.179 e. The van der Waals surface area contributed by atoms with Gasteiger partial charge in [-0.15, -0.1) is 0 Å². The van der Waals surface area contributed by atoms with Crippen LogP contribution in [0.3, 0.4) is 0 Å². The van der Waals surface area contributed by atoms with Crippen LogP contribution in [-0.4, -0.2) is 12.6 Å². The molecule has 288 valence electrons. The van der Waals surface area contributed by atoms with Crippen LogP contribution < -0.4 is 25.6 Å². The lowest BCUT2D eigenvalue weighted by Gasteiger charge is -2.35. The molecule has 0 N–H and O–H groups in total. The zero-order valence-electron chi connectivity index (χ0n) is 33.6. The third-order valence-electron chi connectivity index (χ3n) is 12.3. The average Bonchev–Trinajstić information content (AvgIpc) is 3.68. The van der Waals surface area contributed by atoms with Crippen molar-refractivity contribution >= 4 is 78.5 Å². The van der Waals surface area contributed by atoms with Gasteiger partial charge in [0.25, 0.3) is 0 Å². The lowest BCUT2D eigenvalue weighted by molar-refractivity contribution is 1.18. The molecule has 0 aliphatic carbocycles. The molecule has 2 nitrogen and oxygen atoms in total. The molecule has 11 aromatic rings. The number of benzene rings is 10. The molecule has 0 aliphatic heterocycles. The number of nitrogens with zero attached hydrogens (tertiary/aromatic N) is 2. The van der Waals surface area contributed by atoms with Gasteiger partial charge in [-0.25, -0.2) is 0 Å². The summed E-state index contributed by atoms with van der Waals surface area (Å²) in [5, 5.41) is 10.2. The van der Waals surface area contributed by atoms with Crippen LogP contribution in [0.15, 0.2) is 255 Å². The van der Waals surface area contributed by atoms with Gasteiger partial charge < -0.3 is 9.47 Å². The van der Waals surface area contributed by atoms with Gasteiger partial charge in [0.1, 0.15) is 0 Å². The van der Waals surface area contributed by atoms with Crippen LogP contribution in [0.25, 0.3) is 49.4 Å². The molecule has 11 rings (SSSR count). The lowest BCUT2D eigenvalue weighted by Crippen LogP contribution is -2.74. The fourth-order valence-corrected chi connectivity index (χ4v) is 14.4. The minimum atomic E-state index is -2.84. The van der Waals surface area contributed by atoms with Crippen LogP contribution in [0.2, 0.25) is 0 Å². The monoisotopic (exact) mass is 794 g/mol. The van der Waals surface area contributed by atoms with Crippen molar-refractivity contribution in [2.45, 2.75) is 0 Å². The minimum absolute atomic E-state index is 1.10. The molecular weight excluding hydrogens is 753 g/mol. The largest absolute Gasteiger partial charge is 0.310 e. The topological polar surface area (TPSA) is 8.17 Å². The summed E-state index contributed by atoms with van der Waals surface area (Å²) < 4.78 is 2.41. The maximum atomic E-state index is 2.50. The summed E-state index contributed by atoms with van der Waals surface area (Å²) >= 11 is 0. The molecule has 61 heavy (non-hydrogen) atoms. The Morgan fingerprint density at radius 3 is 1.52 bits per heavy atom. The average molecular weight is 795 g/mol. The second kappa shape index (κ2) is 15.5. The smallest absolute Gasteiger partial charge is 0.179 e. The minimum Gasteiger partial charge on any atom is -0.310 e. The van der Waals surface area contributed by atoms with Crippen molar-refractivity contribution in [1.29, 1.82) is 0 Å². The highest BCUT2D eigenvalue weighted by Crippen LogP contribution is 2.44. The first-order valence-electron chi connectivity index (χ1n) is 21.0. The molecule has 0 unspecified atom stereocenters. The van der Waals surface area contributed by atoms with E-state index in [9.17, 15) is 0 Å². The molecule has 0 amide bonds. The van der Waals surface area contributed by atoms with E-state index in [-0.39, 0.29) is 0 Å². The number of hydrogen-bond acceptors (Lipinski definition) is 1. The van der Waals surface area contributed by atoms with Crippen molar-refractivity contribution in [1.82, 2.24) is 4.57 Å². The van der Waals surface area contributed by atoms with E-state index >= 15 is 0 Å². The summed E-state index contributed by atoms with van der Waals surface area (Å²) in [6.07, 6.45) is 0. The van der Waals surface area contributed by atoms with Gasteiger partial charge in [-0.1, -0.05) is 194 Å². The Morgan fingerprint density at radius 1 is 0.328 bits per heavy atom. The first kappa shape index (κ1) is 36.4. The molecule has 0 saturated carbocycles. The maximum absolute atomic E-state index is 2.84. The summed E-state index contributed by atoms with van der Waals surface area (Å²) in [4.78, 5) is 2.50. The van der Waals surface area contributed by atoms with Crippen molar-refractivity contribution in [2.75, 3.05) is 4.90 Å². The van der Waals surface area contributed by atoms with E-state index in [2.05, 4.69) is 264 Å². The van der Waals surface area contributed by atoms with E-state index in [1.165, 1.54) is 64.5 Å². The SMILES string of the molecule is c1ccc(-c2ccc3ccc(N(c4cccc([Si](c5ccccc5)(c5ccccc5)c5ccccc5)c4)c4cccc5c4c4ccccc4n5-c4ccccc4)cc3c2)cc1. The lowest BCUT2D eigenvalue weighted by atomic mass is 10.0. The zero-order valence-corrected chi connectivity index (χ0v) is 34.6. The highest BCUT2D eigenvalue weighted by Gasteiger charge is 2.41.